The van der Waals surface area contributed by atoms with E-state index in [0.29, 0.717) is 17.5 Å². The first-order valence-corrected chi connectivity index (χ1v) is 12.2. The van der Waals surface area contributed by atoms with Gasteiger partial charge in [0.1, 0.15) is 11.4 Å². The van der Waals surface area contributed by atoms with Crippen LogP contribution >= 0.6 is 0 Å². The summed E-state index contributed by atoms with van der Waals surface area (Å²) < 4.78 is 5.25. The molecule has 6 rings (SSSR count). The predicted molar refractivity (Wildman–Crippen MR) is 124 cm³/mol. The first-order chi connectivity index (χ1) is 15.7. The summed E-state index contributed by atoms with van der Waals surface area (Å²) in [5.74, 6) is 2.14. The van der Waals surface area contributed by atoms with Crippen molar-refractivity contribution in [3.63, 3.8) is 0 Å². The summed E-state index contributed by atoms with van der Waals surface area (Å²) in [5.41, 5.74) is 3.88. The van der Waals surface area contributed by atoms with Gasteiger partial charge in [0.15, 0.2) is 0 Å². The van der Waals surface area contributed by atoms with Crippen molar-refractivity contribution in [1.29, 1.82) is 0 Å². The van der Waals surface area contributed by atoms with E-state index >= 15 is 0 Å². The molecule has 168 valence electrons. The summed E-state index contributed by atoms with van der Waals surface area (Å²) in [6.45, 7) is 3.21. The summed E-state index contributed by atoms with van der Waals surface area (Å²) in [7, 11) is 1.66. The zero-order chi connectivity index (χ0) is 21.7. The second-order valence-electron chi connectivity index (χ2n) is 9.90. The van der Waals surface area contributed by atoms with Crippen LogP contribution in [0, 0.1) is 11.8 Å². The molecule has 2 bridgehead atoms. The van der Waals surface area contributed by atoms with Gasteiger partial charge in [-0.25, -0.2) is 0 Å². The zero-order valence-electron chi connectivity index (χ0n) is 18.8. The molecule has 1 aliphatic carbocycles. The molecular weight excluding hydrogens is 400 g/mol. The Morgan fingerprint density at radius 1 is 1.16 bits per heavy atom. The molecule has 0 radical (unpaired) electrons. The average molecular weight is 433 g/mol. The Hall–Kier alpha value is -2.60. The number of nitrogens with zero attached hydrogens (tertiary/aromatic N) is 3. The molecular formula is C26H32N4O2. The summed E-state index contributed by atoms with van der Waals surface area (Å²) in [6.07, 6.45) is 10.0. The number of benzene rings is 1. The van der Waals surface area contributed by atoms with E-state index in [1.807, 2.05) is 30.3 Å². The minimum atomic E-state index is 0.0899. The molecule has 32 heavy (non-hydrogen) atoms. The van der Waals surface area contributed by atoms with Gasteiger partial charge in [0, 0.05) is 24.7 Å². The quantitative estimate of drug-likeness (QED) is 0.741. The number of piperidine rings is 3. The summed E-state index contributed by atoms with van der Waals surface area (Å²) in [5, 5.41) is 7.47. The Bertz CT molecular complexity index is 1030. The van der Waals surface area contributed by atoms with Crippen molar-refractivity contribution >= 4 is 5.91 Å². The van der Waals surface area contributed by atoms with Crippen LogP contribution in [0.3, 0.4) is 0 Å². The van der Waals surface area contributed by atoms with Gasteiger partial charge >= 0.3 is 0 Å². The van der Waals surface area contributed by atoms with Gasteiger partial charge in [-0.3, -0.25) is 14.8 Å². The molecule has 2 aromatic rings. The smallest absolute Gasteiger partial charge is 0.272 e. The lowest BCUT2D eigenvalue weighted by molar-refractivity contribution is 0.00131. The van der Waals surface area contributed by atoms with Gasteiger partial charge in [-0.15, -0.1) is 0 Å². The van der Waals surface area contributed by atoms with E-state index in [-0.39, 0.29) is 11.9 Å². The molecule has 3 fully saturated rings. The van der Waals surface area contributed by atoms with Gasteiger partial charge in [-0.05, 0) is 80.8 Å². The van der Waals surface area contributed by atoms with Crippen LogP contribution in [0.1, 0.15) is 49.0 Å². The highest BCUT2D eigenvalue weighted by atomic mass is 16.5. The van der Waals surface area contributed by atoms with Crippen molar-refractivity contribution in [3.05, 3.63) is 47.7 Å². The van der Waals surface area contributed by atoms with Gasteiger partial charge in [-0.2, -0.15) is 5.10 Å². The lowest BCUT2D eigenvalue weighted by atomic mass is 9.68. The molecule has 4 aliphatic rings. The highest BCUT2D eigenvalue weighted by Gasteiger charge is 2.47. The fourth-order valence-electron chi connectivity index (χ4n) is 6.70. The van der Waals surface area contributed by atoms with E-state index < -0.39 is 0 Å². The lowest BCUT2D eigenvalue weighted by Crippen LogP contribution is -2.60. The molecule has 1 aromatic heterocycles. The lowest BCUT2D eigenvalue weighted by Gasteiger charge is -2.54. The highest BCUT2D eigenvalue weighted by molar-refractivity contribution is 5.94. The fraction of sp³-hybridized carbons (Fsp3) is 0.538. The van der Waals surface area contributed by atoms with Crippen LogP contribution < -0.4 is 4.74 Å². The number of likely N-dealkylation sites (tertiary alicyclic amines) is 1. The number of rotatable bonds is 3. The Labute approximate surface area is 189 Å². The summed E-state index contributed by atoms with van der Waals surface area (Å²) >= 11 is 0. The van der Waals surface area contributed by atoms with Crippen molar-refractivity contribution in [2.45, 2.75) is 50.6 Å². The number of ether oxygens (including phenoxy) is 1. The molecule has 6 nitrogen and oxygen atoms in total. The van der Waals surface area contributed by atoms with Gasteiger partial charge < -0.3 is 9.64 Å². The normalized spacial score (nSPS) is 29.7. The third kappa shape index (κ3) is 3.36. The minimum Gasteiger partial charge on any atom is -0.497 e. The maximum atomic E-state index is 13.6. The molecule has 0 spiro atoms. The van der Waals surface area contributed by atoms with Crippen molar-refractivity contribution in [3.8, 4) is 17.0 Å². The highest BCUT2D eigenvalue weighted by Crippen LogP contribution is 2.45. The largest absolute Gasteiger partial charge is 0.497 e. The third-order valence-corrected chi connectivity index (χ3v) is 8.11. The van der Waals surface area contributed by atoms with E-state index in [1.54, 1.807) is 7.11 Å². The SMILES string of the molecule is COc1ccc(-c2cc(C(=O)N3CCCC4=C[C@H]5C[C@H](CN6CCCC[C@@H]56)[C@H]43)[nH]n2)cc1. The third-order valence-electron chi connectivity index (χ3n) is 8.11. The zero-order valence-corrected chi connectivity index (χ0v) is 18.8. The van der Waals surface area contributed by atoms with Crippen molar-refractivity contribution in [1.82, 2.24) is 20.0 Å². The Kier molecular flexibility index (Phi) is 5.05. The first-order valence-electron chi connectivity index (χ1n) is 12.2. The molecule has 1 amide bonds. The number of carbonyl (C=O) groups excluding carboxylic acids is 1. The number of H-pyrrole nitrogens is 1. The number of hydrogen-bond acceptors (Lipinski definition) is 4. The maximum Gasteiger partial charge on any atom is 0.272 e. The van der Waals surface area contributed by atoms with Crippen LogP contribution in [0.15, 0.2) is 42.0 Å². The van der Waals surface area contributed by atoms with Crippen LogP contribution in [0.5, 0.6) is 5.75 Å². The molecule has 3 saturated heterocycles. The monoisotopic (exact) mass is 432 g/mol. The van der Waals surface area contributed by atoms with E-state index in [2.05, 4.69) is 26.1 Å². The Balaban J connectivity index is 1.25. The van der Waals surface area contributed by atoms with Crippen LogP contribution in [-0.4, -0.2) is 64.7 Å². The fourth-order valence-corrected chi connectivity index (χ4v) is 6.70. The maximum absolute atomic E-state index is 13.6. The van der Waals surface area contributed by atoms with E-state index in [1.165, 1.54) is 37.8 Å². The number of carbonyl (C=O) groups is 1. The predicted octanol–water partition coefficient (Wildman–Crippen LogP) is 4.12. The molecule has 0 unspecified atom stereocenters. The average Bonchev–Trinajstić information content (AvgIpc) is 3.34. The number of aromatic amines is 1. The van der Waals surface area contributed by atoms with Crippen LogP contribution in [0.25, 0.3) is 11.3 Å². The molecule has 3 aliphatic heterocycles. The Morgan fingerprint density at radius 3 is 2.88 bits per heavy atom. The summed E-state index contributed by atoms with van der Waals surface area (Å²) in [4.78, 5) is 18.5. The van der Waals surface area contributed by atoms with Crippen LogP contribution in [-0.2, 0) is 0 Å². The molecule has 6 heteroatoms. The second-order valence-corrected chi connectivity index (χ2v) is 9.90. The first kappa shape index (κ1) is 20.0. The topological polar surface area (TPSA) is 61.5 Å². The van der Waals surface area contributed by atoms with E-state index in [4.69, 9.17) is 4.74 Å². The standard InChI is InChI=1S/C26H32N4O2/c1-32-21-9-7-17(8-10-21)22-15-23(28-27-22)26(31)30-12-4-5-18-13-19-14-20(25(18)30)16-29-11-3-2-6-24(19)29/h7-10,13,15,19-20,24-25H,2-6,11-12,14,16H2,1H3,(H,27,28)/t19-,20+,24-,25-/m0/s1. The van der Waals surface area contributed by atoms with Gasteiger partial charge in [0.25, 0.3) is 5.91 Å². The number of aromatic nitrogens is 2. The van der Waals surface area contributed by atoms with Crippen molar-refractivity contribution < 1.29 is 9.53 Å². The molecule has 0 saturated carbocycles. The van der Waals surface area contributed by atoms with Crippen LogP contribution in [0.4, 0.5) is 0 Å². The van der Waals surface area contributed by atoms with E-state index in [0.717, 1.165) is 49.0 Å². The second kappa shape index (κ2) is 8.07. The van der Waals surface area contributed by atoms with E-state index in [9.17, 15) is 4.79 Å². The molecule has 1 aromatic carbocycles. The molecule has 4 atom stereocenters. The van der Waals surface area contributed by atoms with Gasteiger partial charge in [-0.1, -0.05) is 18.1 Å². The Morgan fingerprint density at radius 2 is 2.03 bits per heavy atom. The van der Waals surface area contributed by atoms with Crippen molar-refractivity contribution in [2.24, 2.45) is 11.8 Å². The molecule has 1 N–H and O–H groups in total. The van der Waals surface area contributed by atoms with Crippen molar-refractivity contribution in [2.75, 3.05) is 26.7 Å². The number of amides is 1. The van der Waals surface area contributed by atoms with Gasteiger partial charge in [0.05, 0.1) is 18.8 Å². The number of hydrogen-bond donors (Lipinski definition) is 1. The van der Waals surface area contributed by atoms with Gasteiger partial charge in [0.2, 0.25) is 0 Å². The van der Waals surface area contributed by atoms with Crippen LogP contribution in [0.2, 0.25) is 0 Å². The molecule has 4 heterocycles. The minimum absolute atomic E-state index is 0.0899. The number of methoxy groups -OCH3 is 1. The summed E-state index contributed by atoms with van der Waals surface area (Å²) in [6, 6.07) is 10.7. The number of fused-ring (bicyclic) bond motifs is 6. The number of nitrogens with one attached hydrogen (secondary N) is 1.